The molecule has 9 nitrogen and oxygen atoms in total. The molecule has 0 aliphatic carbocycles. The fraction of sp³-hybridized carbons (Fsp3) is 0.273. The highest BCUT2D eigenvalue weighted by Crippen LogP contribution is 2.27. The lowest BCUT2D eigenvalue weighted by atomic mass is 10.2. The molecule has 32 heavy (non-hydrogen) atoms. The predicted molar refractivity (Wildman–Crippen MR) is 123 cm³/mol. The predicted octanol–water partition coefficient (Wildman–Crippen LogP) is 1.90. The van der Waals surface area contributed by atoms with Gasteiger partial charge in [-0.15, -0.1) is 11.3 Å². The lowest BCUT2D eigenvalue weighted by Crippen LogP contribution is -2.33. The number of hydrogen-bond acceptors (Lipinski definition) is 7. The molecular weight excluding hydrogens is 428 g/mol. The second kappa shape index (κ2) is 9.23. The Kier molecular flexibility index (Phi) is 6.22. The minimum absolute atomic E-state index is 0.127. The lowest BCUT2D eigenvalue weighted by Gasteiger charge is -2.09. The molecule has 0 unspecified atom stereocenters. The minimum atomic E-state index is -0.240. The number of carbonyl (C=O) groups is 1. The summed E-state index contributed by atoms with van der Waals surface area (Å²) in [5.41, 5.74) is 1.77. The third kappa shape index (κ3) is 4.65. The summed E-state index contributed by atoms with van der Waals surface area (Å²) >= 11 is 1.53. The Morgan fingerprint density at radius 2 is 1.91 bits per heavy atom. The number of nitrogens with one attached hydrogen (secondary N) is 1. The Bertz CT molecular complexity index is 1400. The smallest absolute Gasteiger partial charge is 0.266 e. The number of aromatic nitrogens is 5. The van der Waals surface area contributed by atoms with Gasteiger partial charge in [-0.1, -0.05) is 12.1 Å². The summed E-state index contributed by atoms with van der Waals surface area (Å²) in [4.78, 5) is 46.5. The molecule has 1 aromatic carbocycles. The molecule has 1 N–H and O–H groups in total. The van der Waals surface area contributed by atoms with Gasteiger partial charge < -0.3 is 5.32 Å². The average Bonchev–Trinajstić information content (AvgIpc) is 3.12. The van der Waals surface area contributed by atoms with Crippen LogP contribution in [0.15, 0.2) is 52.3 Å². The monoisotopic (exact) mass is 450 g/mol. The van der Waals surface area contributed by atoms with E-state index in [1.54, 1.807) is 24.3 Å². The number of thiazole rings is 1. The van der Waals surface area contributed by atoms with E-state index in [-0.39, 0.29) is 43.1 Å². The molecule has 3 aromatic heterocycles. The average molecular weight is 451 g/mol. The number of amides is 1. The van der Waals surface area contributed by atoms with Crippen LogP contribution in [0, 0.1) is 13.8 Å². The fourth-order valence-electron chi connectivity index (χ4n) is 3.38. The molecule has 4 rings (SSSR count). The highest BCUT2D eigenvalue weighted by atomic mass is 32.1. The van der Waals surface area contributed by atoms with Gasteiger partial charge in [0.25, 0.3) is 11.1 Å². The Hall–Kier alpha value is -3.66. The number of aryl methyl sites for hydroxylation is 3. The van der Waals surface area contributed by atoms with Crippen molar-refractivity contribution in [1.29, 1.82) is 0 Å². The summed E-state index contributed by atoms with van der Waals surface area (Å²) < 4.78 is 2.76. The topological polar surface area (TPSA) is 112 Å². The van der Waals surface area contributed by atoms with Gasteiger partial charge in [0.15, 0.2) is 0 Å². The molecule has 0 spiro atoms. The van der Waals surface area contributed by atoms with E-state index in [9.17, 15) is 14.4 Å². The Balaban J connectivity index is 1.35. The molecule has 0 atom stereocenters. The van der Waals surface area contributed by atoms with Gasteiger partial charge in [-0.2, -0.15) is 5.10 Å². The van der Waals surface area contributed by atoms with Gasteiger partial charge in [-0.3, -0.25) is 19.0 Å². The molecule has 4 aromatic rings. The van der Waals surface area contributed by atoms with Gasteiger partial charge in [-0.05, 0) is 32.0 Å². The zero-order chi connectivity index (χ0) is 22.7. The molecule has 0 saturated carbocycles. The van der Waals surface area contributed by atoms with Crippen LogP contribution >= 0.6 is 11.3 Å². The van der Waals surface area contributed by atoms with Crippen LogP contribution in [0.3, 0.4) is 0 Å². The second-order valence-electron chi connectivity index (χ2n) is 7.29. The van der Waals surface area contributed by atoms with Crippen LogP contribution in [0.4, 0.5) is 0 Å². The van der Waals surface area contributed by atoms with Crippen molar-refractivity contribution in [3.8, 4) is 10.6 Å². The zero-order valence-corrected chi connectivity index (χ0v) is 18.6. The summed E-state index contributed by atoms with van der Waals surface area (Å²) in [6.45, 7) is 4.55. The molecule has 0 fully saturated rings. The SMILES string of the molecule is Cc1nc(C)c(-c2ccc(=O)n(CCNC(=O)CCn3cnc4ccccc4c3=O)n2)s1. The van der Waals surface area contributed by atoms with E-state index in [1.807, 2.05) is 19.9 Å². The van der Waals surface area contributed by atoms with Crippen LogP contribution < -0.4 is 16.4 Å². The van der Waals surface area contributed by atoms with Crippen molar-refractivity contribution in [2.24, 2.45) is 0 Å². The molecule has 10 heteroatoms. The summed E-state index contributed by atoms with van der Waals surface area (Å²) in [5, 5.41) is 8.65. The van der Waals surface area contributed by atoms with Crippen molar-refractivity contribution in [2.45, 2.75) is 33.4 Å². The van der Waals surface area contributed by atoms with Crippen LogP contribution in [0.2, 0.25) is 0 Å². The van der Waals surface area contributed by atoms with Gasteiger partial charge in [0.2, 0.25) is 5.91 Å². The first kappa shape index (κ1) is 21.6. The second-order valence-corrected chi connectivity index (χ2v) is 8.49. The highest BCUT2D eigenvalue weighted by Gasteiger charge is 2.11. The molecule has 164 valence electrons. The van der Waals surface area contributed by atoms with E-state index >= 15 is 0 Å². The molecule has 0 aliphatic rings. The lowest BCUT2D eigenvalue weighted by molar-refractivity contribution is -0.121. The van der Waals surface area contributed by atoms with Crippen molar-refractivity contribution in [3.63, 3.8) is 0 Å². The van der Waals surface area contributed by atoms with Gasteiger partial charge >= 0.3 is 0 Å². The minimum Gasteiger partial charge on any atom is -0.354 e. The third-order valence-electron chi connectivity index (χ3n) is 4.96. The van der Waals surface area contributed by atoms with Crippen molar-refractivity contribution >= 4 is 28.1 Å². The van der Waals surface area contributed by atoms with Crippen LogP contribution in [0.25, 0.3) is 21.5 Å². The quantitative estimate of drug-likeness (QED) is 0.460. The Morgan fingerprint density at radius 3 is 2.69 bits per heavy atom. The van der Waals surface area contributed by atoms with Crippen LogP contribution in [0.1, 0.15) is 17.1 Å². The molecule has 1 amide bonds. The van der Waals surface area contributed by atoms with E-state index in [0.29, 0.717) is 16.6 Å². The molecular formula is C22H22N6O3S. The van der Waals surface area contributed by atoms with Crippen molar-refractivity contribution in [2.75, 3.05) is 6.54 Å². The summed E-state index contributed by atoms with van der Waals surface area (Å²) in [6.07, 6.45) is 1.58. The maximum atomic E-state index is 12.5. The number of hydrogen-bond donors (Lipinski definition) is 1. The Labute approximate surface area is 187 Å². The van der Waals surface area contributed by atoms with E-state index in [1.165, 1.54) is 33.0 Å². The largest absolute Gasteiger partial charge is 0.354 e. The number of rotatable bonds is 7. The van der Waals surface area contributed by atoms with Crippen molar-refractivity contribution < 1.29 is 4.79 Å². The van der Waals surface area contributed by atoms with E-state index in [0.717, 1.165) is 15.6 Å². The highest BCUT2D eigenvalue weighted by molar-refractivity contribution is 7.15. The molecule has 3 heterocycles. The van der Waals surface area contributed by atoms with Gasteiger partial charge in [0.1, 0.15) is 5.69 Å². The van der Waals surface area contributed by atoms with Crippen molar-refractivity contribution in [1.82, 2.24) is 29.6 Å². The first-order valence-electron chi connectivity index (χ1n) is 10.2. The van der Waals surface area contributed by atoms with Crippen LogP contribution in [-0.2, 0) is 17.9 Å². The first-order valence-corrected chi connectivity index (χ1v) is 11.0. The van der Waals surface area contributed by atoms with Gasteiger partial charge in [-0.25, -0.2) is 14.6 Å². The van der Waals surface area contributed by atoms with Crippen LogP contribution in [0.5, 0.6) is 0 Å². The number of para-hydroxylation sites is 1. The standard InChI is InChI=1S/C22H22N6O3S/c1-14-21(32-15(2)25-14)18-7-8-20(30)28(26-18)12-10-23-19(29)9-11-27-13-24-17-6-4-3-5-16(17)22(27)31/h3-8,13H,9-12H2,1-2H3,(H,23,29). The molecule has 0 aliphatic heterocycles. The molecule has 0 bridgehead atoms. The normalized spacial score (nSPS) is 11.1. The van der Waals surface area contributed by atoms with E-state index in [2.05, 4.69) is 20.4 Å². The number of carbonyl (C=O) groups excluding carboxylic acids is 1. The first-order chi connectivity index (χ1) is 15.4. The maximum Gasteiger partial charge on any atom is 0.266 e. The summed E-state index contributed by atoms with van der Waals surface area (Å²) in [7, 11) is 0. The number of fused-ring (bicyclic) bond motifs is 1. The van der Waals surface area contributed by atoms with E-state index < -0.39 is 0 Å². The molecule has 0 radical (unpaired) electrons. The number of nitrogens with zero attached hydrogens (tertiary/aromatic N) is 5. The summed E-state index contributed by atoms with van der Waals surface area (Å²) in [6, 6.07) is 10.3. The van der Waals surface area contributed by atoms with E-state index in [4.69, 9.17) is 0 Å². The van der Waals surface area contributed by atoms with Crippen LogP contribution in [-0.4, -0.2) is 36.8 Å². The van der Waals surface area contributed by atoms with Gasteiger partial charge in [0, 0.05) is 25.6 Å². The zero-order valence-electron chi connectivity index (χ0n) is 17.7. The Morgan fingerprint density at radius 1 is 1.09 bits per heavy atom. The van der Waals surface area contributed by atoms with Gasteiger partial charge in [0.05, 0.1) is 39.4 Å². The van der Waals surface area contributed by atoms with Crippen molar-refractivity contribution in [3.05, 3.63) is 74.1 Å². The fourth-order valence-corrected chi connectivity index (χ4v) is 4.26. The maximum absolute atomic E-state index is 12.5. The summed E-state index contributed by atoms with van der Waals surface area (Å²) in [5.74, 6) is -0.219. The third-order valence-corrected chi connectivity index (χ3v) is 6.06. The molecule has 0 saturated heterocycles. The number of benzene rings is 1.